The first kappa shape index (κ1) is 12.5. The van der Waals surface area contributed by atoms with E-state index < -0.39 is 11.9 Å². The van der Waals surface area contributed by atoms with Crippen LogP contribution >= 0.6 is 0 Å². The lowest BCUT2D eigenvalue weighted by Gasteiger charge is -2.10. The van der Waals surface area contributed by atoms with E-state index in [4.69, 9.17) is 9.47 Å². The van der Waals surface area contributed by atoms with Gasteiger partial charge in [-0.1, -0.05) is 6.07 Å². The van der Waals surface area contributed by atoms with Gasteiger partial charge in [0.05, 0.1) is 19.7 Å². The maximum Gasteiger partial charge on any atom is 0.433 e. The lowest BCUT2D eigenvalue weighted by atomic mass is 10.1. The minimum Gasteiger partial charge on any atom is -0.493 e. The molecule has 0 N–H and O–H groups in total. The van der Waals surface area contributed by atoms with Gasteiger partial charge in [-0.05, 0) is 12.1 Å². The molecule has 18 heavy (non-hydrogen) atoms. The van der Waals surface area contributed by atoms with Crippen molar-refractivity contribution >= 4 is 10.9 Å². The molecule has 0 spiro atoms. The molecule has 2 rings (SSSR count). The highest BCUT2D eigenvalue weighted by Crippen LogP contribution is 2.34. The Morgan fingerprint density at radius 3 is 2.17 bits per heavy atom. The summed E-state index contributed by atoms with van der Waals surface area (Å²) in [5, 5.41) is 0.556. The van der Waals surface area contributed by atoms with E-state index in [0.29, 0.717) is 16.9 Å². The van der Waals surface area contributed by atoms with E-state index in [-0.39, 0.29) is 5.52 Å². The van der Waals surface area contributed by atoms with Gasteiger partial charge >= 0.3 is 6.18 Å². The van der Waals surface area contributed by atoms with Crippen LogP contribution in [-0.2, 0) is 6.18 Å². The second-order valence-electron chi connectivity index (χ2n) is 3.59. The molecule has 0 amide bonds. The number of hydrogen-bond acceptors (Lipinski definition) is 3. The summed E-state index contributed by atoms with van der Waals surface area (Å²) < 4.78 is 47.7. The fourth-order valence-corrected chi connectivity index (χ4v) is 1.61. The lowest BCUT2D eigenvalue weighted by Crippen LogP contribution is -2.07. The number of methoxy groups -OCH3 is 2. The van der Waals surface area contributed by atoms with Crippen molar-refractivity contribution in [3.8, 4) is 11.5 Å². The maximum atomic E-state index is 12.5. The van der Waals surface area contributed by atoms with Gasteiger partial charge in [-0.2, -0.15) is 13.2 Å². The summed E-state index contributed by atoms with van der Waals surface area (Å²) in [6.45, 7) is 0. The molecule has 0 bridgehead atoms. The number of rotatable bonds is 2. The number of aromatic nitrogens is 1. The number of nitrogens with zero attached hydrogens (tertiary/aromatic N) is 1. The predicted octanol–water partition coefficient (Wildman–Crippen LogP) is 3.27. The third-order valence-electron chi connectivity index (χ3n) is 2.48. The molecular formula is C12H10F3NO2. The van der Waals surface area contributed by atoms with Crippen LogP contribution in [-0.4, -0.2) is 19.2 Å². The molecule has 3 nitrogen and oxygen atoms in total. The molecule has 0 radical (unpaired) electrons. The summed E-state index contributed by atoms with van der Waals surface area (Å²) in [6, 6.07) is 5.30. The Morgan fingerprint density at radius 1 is 1.00 bits per heavy atom. The zero-order chi connectivity index (χ0) is 13.3. The fraction of sp³-hybridized carbons (Fsp3) is 0.250. The largest absolute Gasteiger partial charge is 0.493 e. The van der Waals surface area contributed by atoms with E-state index in [0.717, 1.165) is 6.07 Å². The first-order valence-electron chi connectivity index (χ1n) is 5.05. The third kappa shape index (κ3) is 2.18. The topological polar surface area (TPSA) is 31.4 Å². The zero-order valence-corrected chi connectivity index (χ0v) is 9.71. The normalized spacial score (nSPS) is 11.6. The molecule has 1 aromatic heterocycles. The highest BCUT2D eigenvalue weighted by Gasteiger charge is 2.32. The monoisotopic (exact) mass is 257 g/mol. The Hall–Kier alpha value is -1.98. The van der Waals surface area contributed by atoms with Gasteiger partial charge in [0.2, 0.25) is 0 Å². The van der Waals surface area contributed by atoms with Crippen LogP contribution < -0.4 is 9.47 Å². The molecule has 0 fully saturated rings. The Bertz CT molecular complexity index is 581. The van der Waals surface area contributed by atoms with Crippen LogP contribution in [0.3, 0.4) is 0 Å². The van der Waals surface area contributed by atoms with Crippen LogP contribution in [0, 0.1) is 0 Å². The third-order valence-corrected chi connectivity index (χ3v) is 2.48. The summed E-state index contributed by atoms with van der Waals surface area (Å²) in [7, 11) is 2.87. The molecular weight excluding hydrogens is 247 g/mol. The molecule has 6 heteroatoms. The highest BCUT2D eigenvalue weighted by atomic mass is 19.4. The van der Waals surface area contributed by atoms with Crippen molar-refractivity contribution < 1.29 is 22.6 Å². The zero-order valence-electron chi connectivity index (χ0n) is 9.71. The number of ether oxygens (including phenoxy) is 2. The number of halogens is 3. The average molecular weight is 257 g/mol. The molecule has 0 saturated heterocycles. The van der Waals surface area contributed by atoms with Crippen molar-refractivity contribution in [1.82, 2.24) is 4.98 Å². The molecule has 0 atom stereocenters. The lowest BCUT2D eigenvalue weighted by molar-refractivity contribution is -0.140. The highest BCUT2D eigenvalue weighted by molar-refractivity contribution is 5.82. The Balaban J connectivity index is 2.63. The maximum absolute atomic E-state index is 12.5. The SMILES string of the molecule is COc1cc2ccc(C(F)(F)F)nc2cc1OC. The molecule has 0 aliphatic heterocycles. The fourth-order valence-electron chi connectivity index (χ4n) is 1.61. The Labute approximate surface area is 101 Å². The summed E-state index contributed by atoms with van der Waals surface area (Å²) >= 11 is 0. The average Bonchev–Trinajstić information content (AvgIpc) is 2.35. The van der Waals surface area contributed by atoms with Crippen molar-refractivity contribution in [2.45, 2.75) is 6.18 Å². The molecule has 0 aliphatic rings. The first-order chi connectivity index (χ1) is 8.45. The Morgan fingerprint density at radius 2 is 1.61 bits per heavy atom. The molecule has 1 aromatic carbocycles. The minimum absolute atomic E-state index is 0.211. The van der Waals surface area contributed by atoms with E-state index in [9.17, 15) is 13.2 Å². The number of pyridine rings is 1. The van der Waals surface area contributed by atoms with Crippen LogP contribution in [0.15, 0.2) is 24.3 Å². The molecule has 1 heterocycles. The van der Waals surface area contributed by atoms with Gasteiger partial charge in [-0.25, -0.2) is 4.98 Å². The van der Waals surface area contributed by atoms with Gasteiger partial charge in [-0.15, -0.1) is 0 Å². The summed E-state index contributed by atoms with van der Waals surface area (Å²) in [4.78, 5) is 3.57. The molecule has 0 aliphatic carbocycles. The molecule has 0 saturated carbocycles. The standard InChI is InChI=1S/C12H10F3NO2/c1-17-9-5-7-3-4-11(12(13,14)15)16-8(7)6-10(9)18-2/h3-6H,1-2H3. The Kier molecular flexibility index (Phi) is 3.02. The smallest absolute Gasteiger partial charge is 0.433 e. The number of alkyl halides is 3. The van der Waals surface area contributed by atoms with Gasteiger partial charge in [-0.3, -0.25) is 0 Å². The second kappa shape index (κ2) is 4.36. The van der Waals surface area contributed by atoms with Crippen molar-refractivity contribution in [2.75, 3.05) is 14.2 Å². The van der Waals surface area contributed by atoms with E-state index in [1.807, 2.05) is 0 Å². The number of hydrogen-bond donors (Lipinski definition) is 0. The summed E-state index contributed by atoms with van der Waals surface area (Å²) in [5.41, 5.74) is -0.718. The van der Waals surface area contributed by atoms with E-state index >= 15 is 0 Å². The number of fused-ring (bicyclic) bond motifs is 1. The van der Waals surface area contributed by atoms with Crippen molar-refractivity contribution in [1.29, 1.82) is 0 Å². The van der Waals surface area contributed by atoms with Crippen LogP contribution in [0.1, 0.15) is 5.69 Å². The van der Waals surface area contributed by atoms with Crippen molar-refractivity contribution in [3.63, 3.8) is 0 Å². The van der Waals surface area contributed by atoms with E-state index in [2.05, 4.69) is 4.98 Å². The minimum atomic E-state index is -4.46. The summed E-state index contributed by atoms with van der Waals surface area (Å²) in [6.07, 6.45) is -4.46. The van der Waals surface area contributed by atoms with Gasteiger partial charge in [0, 0.05) is 11.5 Å². The second-order valence-corrected chi connectivity index (χ2v) is 3.59. The van der Waals surface area contributed by atoms with Gasteiger partial charge in [0.25, 0.3) is 0 Å². The van der Waals surface area contributed by atoms with Crippen LogP contribution in [0.25, 0.3) is 10.9 Å². The molecule has 96 valence electrons. The van der Waals surface area contributed by atoms with Gasteiger partial charge < -0.3 is 9.47 Å². The van der Waals surface area contributed by atoms with Crippen LogP contribution in [0.4, 0.5) is 13.2 Å². The van der Waals surface area contributed by atoms with E-state index in [1.165, 1.54) is 26.4 Å². The van der Waals surface area contributed by atoms with Crippen LogP contribution in [0.5, 0.6) is 11.5 Å². The molecule has 0 unspecified atom stereocenters. The summed E-state index contributed by atoms with van der Waals surface area (Å²) in [5.74, 6) is 0.795. The molecule has 2 aromatic rings. The van der Waals surface area contributed by atoms with Crippen molar-refractivity contribution in [2.24, 2.45) is 0 Å². The van der Waals surface area contributed by atoms with Crippen LogP contribution in [0.2, 0.25) is 0 Å². The number of benzene rings is 1. The first-order valence-corrected chi connectivity index (χ1v) is 5.05. The van der Waals surface area contributed by atoms with Crippen molar-refractivity contribution in [3.05, 3.63) is 30.0 Å². The quantitative estimate of drug-likeness (QED) is 0.827. The predicted molar refractivity (Wildman–Crippen MR) is 59.8 cm³/mol. The van der Waals surface area contributed by atoms with E-state index in [1.54, 1.807) is 6.07 Å². The van der Waals surface area contributed by atoms with Gasteiger partial charge in [0.1, 0.15) is 5.69 Å². The van der Waals surface area contributed by atoms with Gasteiger partial charge in [0.15, 0.2) is 11.5 Å².